The molecule has 0 spiro atoms. The van der Waals surface area contributed by atoms with Crippen LogP contribution in [0.15, 0.2) is 30.3 Å². The highest BCUT2D eigenvalue weighted by Crippen LogP contribution is 2.48. The topological polar surface area (TPSA) is 84.9 Å². The summed E-state index contributed by atoms with van der Waals surface area (Å²) >= 11 is 0. The number of terminal acetylenes is 1. The molecule has 1 saturated carbocycles. The molecule has 2 aromatic carbocycles. The quantitative estimate of drug-likeness (QED) is 0.316. The maximum Gasteiger partial charge on any atom is 0.319 e. The monoisotopic (exact) mass is 624 g/mol. The van der Waals surface area contributed by atoms with Gasteiger partial charge in [0.05, 0.1) is 31.4 Å². The molecule has 236 valence electrons. The second kappa shape index (κ2) is 10.7. The molecule has 11 heteroatoms. The van der Waals surface area contributed by atoms with Gasteiger partial charge in [-0.25, -0.2) is 13.8 Å². The van der Waals surface area contributed by atoms with Crippen LogP contribution in [-0.4, -0.2) is 90.6 Å². The number of nitrogens with one attached hydrogen (secondary N) is 1. The Morgan fingerprint density at radius 3 is 2.76 bits per heavy atom. The fourth-order valence-corrected chi connectivity index (χ4v) is 7.83. The molecular weight excluding hydrogens is 590 g/mol. The lowest BCUT2D eigenvalue weighted by molar-refractivity contribution is 0.0231. The Hall–Kier alpha value is -4.11. The lowest BCUT2D eigenvalue weighted by Crippen LogP contribution is -2.60. The standard InChI is InChI=1S/C35H34F2N6O3/c1-2-22-24(36)8-6-20-4-3-5-23(27(20)22)30-29(37)31-28-32(43-16-21-7-9-25(38-21)26(43)17-45-33(28)39-30)41-34(40-31)46-19-35(10-11-35)18-42-12-14-44-15-13-42/h1,3-6,8,21,25-26,38H,7,9-19H2/t21?,25?,26-/m1/s1. The number of rotatable bonds is 6. The van der Waals surface area contributed by atoms with Gasteiger partial charge in [-0.05, 0) is 37.1 Å². The summed E-state index contributed by atoms with van der Waals surface area (Å²) in [4.78, 5) is 19.1. The van der Waals surface area contributed by atoms with E-state index < -0.39 is 11.6 Å². The normalized spacial score (nSPS) is 24.7. The number of hydrogen-bond donors (Lipinski definition) is 1. The van der Waals surface area contributed by atoms with Crippen molar-refractivity contribution in [2.24, 2.45) is 5.41 Å². The molecule has 3 saturated heterocycles. The van der Waals surface area contributed by atoms with Gasteiger partial charge in [0.25, 0.3) is 0 Å². The van der Waals surface area contributed by atoms with Crippen LogP contribution in [0.3, 0.4) is 0 Å². The first-order chi connectivity index (χ1) is 22.5. The van der Waals surface area contributed by atoms with Crippen LogP contribution >= 0.6 is 0 Å². The summed E-state index contributed by atoms with van der Waals surface area (Å²) in [5, 5.41) is 5.24. The van der Waals surface area contributed by atoms with E-state index in [1.807, 2.05) is 6.07 Å². The first-order valence-corrected chi connectivity index (χ1v) is 16.2. The third-order valence-corrected chi connectivity index (χ3v) is 10.5. The number of pyridine rings is 1. The van der Waals surface area contributed by atoms with E-state index in [-0.39, 0.29) is 46.2 Å². The molecule has 3 atom stereocenters. The molecule has 0 amide bonds. The van der Waals surface area contributed by atoms with E-state index in [9.17, 15) is 4.39 Å². The Morgan fingerprint density at radius 1 is 1.07 bits per heavy atom. The first-order valence-electron chi connectivity index (χ1n) is 16.2. The van der Waals surface area contributed by atoms with E-state index in [1.54, 1.807) is 18.2 Å². The lowest BCUT2D eigenvalue weighted by atomic mass is 9.96. The second-order valence-electron chi connectivity index (χ2n) is 13.4. The van der Waals surface area contributed by atoms with Crippen LogP contribution in [0, 0.1) is 29.4 Å². The zero-order valence-electron chi connectivity index (χ0n) is 25.4. The Kier molecular flexibility index (Phi) is 6.56. The van der Waals surface area contributed by atoms with E-state index in [0.29, 0.717) is 53.3 Å². The molecule has 46 heavy (non-hydrogen) atoms. The van der Waals surface area contributed by atoms with Crippen LogP contribution in [0.25, 0.3) is 32.9 Å². The number of morpholine rings is 1. The highest BCUT2D eigenvalue weighted by Gasteiger charge is 2.46. The molecule has 1 aliphatic carbocycles. The number of halogens is 2. The Morgan fingerprint density at radius 2 is 1.93 bits per heavy atom. The Labute approximate surface area is 265 Å². The highest BCUT2D eigenvalue weighted by atomic mass is 19.1. The minimum atomic E-state index is -0.651. The van der Waals surface area contributed by atoms with Crippen LogP contribution in [0.4, 0.5) is 14.6 Å². The van der Waals surface area contributed by atoms with Gasteiger partial charge in [0.2, 0.25) is 5.88 Å². The summed E-state index contributed by atoms with van der Waals surface area (Å²) in [7, 11) is 0. The molecular formula is C35H34F2N6O3. The predicted molar refractivity (Wildman–Crippen MR) is 169 cm³/mol. The van der Waals surface area contributed by atoms with Gasteiger partial charge in [-0.15, -0.1) is 6.42 Å². The van der Waals surface area contributed by atoms with E-state index >= 15 is 4.39 Å². The van der Waals surface area contributed by atoms with Crippen molar-refractivity contribution in [1.29, 1.82) is 0 Å². The maximum absolute atomic E-state index is 17.0. The molecule has 2 aromatic heterocycles. The second-order valence-corrected chi connectivity index (χ2v) is 13.4. The van der Waals surface area contributed by atoms with Gasteiger partial charge in [-0.1, -0.05) is 30.2 Å². The molecule has 5 aliphatic rings. The number of aromatic nitrogens is 3. The zero-order chi connectivity index (χ0) is 31.0. The summed E-state index contributed by atoms with van der Waals surface area (Å²) in [5.41, 5.74) is 0.520. The fraction of sp³-hybridized carbons (Fsp3) is 0.457. The molecule has 4 aliphatic heterocycles. The highest BCUT2D eigenvalue weighted by molar-refractivity contribution is 6.03. The van der Waals surface area contributed by atoms with E-state index in [2.05, 4.69) is 21.0 Å². The van der Waals surface area contributed by atoms with Crippen molar-refractivity contribution in [2.75, 3.05) is 57.5 Å². The molecule has 2 unspecified atom stereocenters. The van der Waals surface area contributed by atoms with Crippen molar-refractivity contribution in [3.05, 3.63) is 47.5 Å². The molecule has 6 heterocycles. The molecule has 9 nitrogen and oxygen atoms in total. The average molecular weight is 625 g/mol. The predicted octanol–water partition coefficient (Wildman–Crippen LogP) is 4.30. The summed E-state index contributed by atoms with van der Waals surface area (Å²) in [6.45, 7) is 5.75. The molecule has 4 aromatic rings. The molecule has 9 rings (SSSR count). The number of hydrogen-bond acceptors (Lipinski definition) is 9. The van der Waals surface area contributed by atoms with Gasteiger partial charge in [0, 0.05) is 54.6 Å². The van der Waals surface area contributed by atoms with Gasteiger partial charge in [-0.3, -0.25) is 4.90 Å². The molecule has 0 radical (unpaired) electrons. The smallest absolute Gasteiger partial charge is 0.319 e. The van der Waals surface area contributed by atoms with Crippen molar-refractivity contribution >= 4 is 27.5 Å². The molecule has 2 bridgehead atoms. The average Bonchev–Trinajstić information content (AvgIpc) is 3.77. The summed E-state index contributed by atoms with van der Waals surface area (Å²) in [5.74, 6) is 2.09. The summed E-state index contributed by atoms with van der Waals surface area (Å²) in [6, 6.07) is 8.92. The van der Waals surface area contributed by atoms with Crippen molar-refractivity contribution in [3.8, 4) is 35.5 Å². The fourth-order valence-electron chi connectivity index (χ4n) is 7.83. The van der Waals surface area contributed by atoms with Gasteiger partial charge in [0.1, 0.15) is 34.8 Å². The van der Waals surface area contributed by atoms with Crippen molar-refractivity contribution in [1.82, 2.24) is 25.2 Å². The van der Waals surface area contributed by atoms with Gasteiger partial charge in [-0.2, -0.15) is 9.97 Å². The zero-order valence-corrected chi connectivity index (χ0v) is 25.4. The van der Waals surface area contributed by atoms with E-state index in [4.69, 9.17) is 35.6 Å². The van der Waals surface area contributed by atoms with Crippen LogP contribution in [0.1, 0.15) is 31.2 Å². The summed E-state index contributed by atoms with van der Waals surface area (Å²) in [6.07, 6.45) is 9.97. The number of nitrogens with zero attached hydrogens (tertiary/aromatic N) is 5. The summed E-state index contributed by atoms with van der Waals surface area (Å²) < 4.78 is 50.2. The molecule has 1 N–H and O–H groups in total. The molecule has 4 fully saturated rings. The first kappa shape index (κ1) is 28.1. The number of anilines is 1. The van der Waals surface area contributed by atoms with E-state index in [0.717, 1.165) is 58.5 Å². The SMILES string of the molecule is C#Cc1c(F)ccc2cccc(-c3nc4c5c(nc(OCC6(CN7CCOCC7)CC6)nc5c3F)N3CC5CCC(N5)[C@H]3CO4)c12. The largest absolute Gasteiger partial charge is 0.475 e. The van der Waals surface area contributed by atoms with Gasteiger partial charge in [0.15, 0.2) is 5.82 Å². The van der Waals surface area contributed by atoms with Gasteiger partial charge >= 0.3 is 6.01 Å². The van der Waals surface area contributed by atoms with Crippen molar-refractivity contribution < 1.29 is 23.0 Å². The number of ether oxygens (including phenoxy) is 3. The number of fused-ring (bicyclic) bond motifs is 6. The minimum Gasteiger partial charge on any atom is -0.475 e. The van der Waals surface area contributed by atoms with Crippen LogP contribution in [0.2, 0.25) is 0 Å². The maximum atomic E-state index is 17.0. The third-order valence-electron chi connectivity index (χ3n) is 10.5. The van der Waals surface area contributed by atoms with Crippen molar-refractivity contribution in [3.63, 3.8) is 0 Å². The van der Waals surface area contributed by atoms with E-state index in [1.165, 1.54) is 6.07 Å². The number of piperazine rings is 1. The Bertz CT molecular complexity index is 1920. The van der Waals surface area contributed by atoms with Crippen LogP contribution in [0.5, 0.6) is 11.9 Å². The van der Waals surface area contributed by atoms with Gasteiger partial charge < -0.3 is 24.4 Å². The minimum absolute atomic E-state index is 0.00343. The lowest BCUT2D eigenvalue weighted by Gasteiger charge is -2.40. The van der Waals surface area contributed by atoms with Crippen LogP contribution in [-0.2, 0) is 4.74 Å². The Balaban J connectivity index is 1.18. The van der Waals surface area contributed by atoms with Crippen molar-refractivity contribution in [2.45, 2.75) is 43.8 Å². The third kappa shape index (κ3) is 4.57. The van der Waals surface area contributed by atoms with Crippen LogP contribution < -0.4 is 19.7 Å². The number of benzene rings is 2.